The zero-order chi connectivity index (χ0) is 15.0. The molecule has 21 heavy (non-hydrogen) atoms. The van der Waals surface area contributed by atoms with Gasteiger partial charge in [-0.2, -0.15) is 0 Å². The topological polar surface area (TPSA) is 50.8 Å². The lowest BCUT2D eigenvalue weighted by Crippen LogP contribution is -2.33. The van der Waals surface area contributed by atoms with Gasteiger partial charge < -0.3 is 15.4 Å². The van der Waals surface area contributed by atoms with Gasteiger partial charge in [-0.25, -0.2) is 4.99 Å². The summed E-state index contributed by atoms with van der Waals surface area (Å²) in [6, 6.07) is 13.8. The molecule has 1 aliphatic rings. The molecule has 0 radical (unpaired) electrons. The summed E-state index contributed by atoms with van der Waals surface area (Å²) < 4.78 is 6.02. The molecule has 4 nitrogen and oxygen atoms in total. The second kappa shape index (κ2) is 5.13. The molecule has 0 bridgehead atoms. The van der Waals surface area contributed by atoms with E-state index in [-0.39, 0.29) is 0 Å². The van der Waals surface area contributed by atoms with E-state index in [1.54, 1.807) is 0 Å². The summed E-state index contributed by atoms with van der Waals surface area (Å²) in [5.41, 5.74) is 8.40. The van der Waals surface area contributed by atoms with Gasteiger partial charge in [0.2, 0.25) is 0 Å². The third-order valence-electron chi connectivity index (χ3n) is 3.66. The number of anilines is 1. The third kappa shape index (κ3) is 2.44. The van der Waals surface area contributed by atoms with Gasteiger partial charge in [-0.3, -0.25) is 0 Å². The first-order valence-corrected chi connectivity index (χ1v) is 7.04. The minimum atomic E-state index is 0.322. The van der Waals surface area contributed by atoms with Gasteiger partial charge in [0.15, 0.2) is 5.75 Å². The number of nitrogens with zero attached hydrogens (tertiary/aromatic N) is 2. The molecular weight excluding hydrogens is 262 g/mol. The number of amidine groups is 1. The van der Waals surface area contributed by atoms with E-state index in [9.17, 15) is 0 Å². The lowest BCUT2D eigenvalue weighted by molar-refractivity contribution is 0.417. The molecule has 108 valence electrons. The molecule has 4 heteroatoms. The summed E-state index contributed by atoms with van der Waals surface area (Å²) in [7, 11) is 2.03. The second-order valence-corrected chi connectivity index (χ2v) is 5.47. The zero-order valence-corrected chi connectivity index (χ0v) is 12.5. The molecule has 2 N–H and O–H groups in total. The Morgan fingerprint density at radius 2 is 1.86 bits per heavy atom. The summed E-state index contributed by atoms with van der Waals surface area (Å²) in [4.78, 5) is 6.93. The van der Waals surface area contributed by atoms with E-state index < -0.39 is 0 Å². The van der Waals surface area contributed by atoms with Crippen LogP contribution >= 0.6 is 0 Å². The number of aliphatic imine (C=N–C) groups is 1. The fourth-order valence-electron chi connectivity index (χ4n) is 2.25. The van der Waals surface area contributed by atoms with Crippen LogP contribution < -0.4 is 10.5 Å². The van der Waals surface area contributed by atoms with Crippen molar-refractivity contribution >= 4 is 17.2 Å². The van der Waals surface area contributed by atoms with Gasteiger partial charge in [0, 0.05) is 18.8 Å². The number of fused-ring (bicyclic) bond motifs is 2. The molecule has 0 unspecified atom stereocenters. The van der Waals surface area contributed by atoms with Gasteiger partial charge in [-0.05, 0) is 44.2 Å². The first-order chi connectivity index (χ1) is 10.1. The van der Waals surface area contributed by atoms with Crippen molar-refractivity contribution in [2.24, 2.45) is 4.99 Å². The summed E-state index contributed by atoms with van der Waals surface area (Å²) >= 11 is 0. The molecule has 0 aromatic heterocycles. The summed E-state index contributed by atoms with van der Waals surface area (Å²) in [5.74, 6) is 2.41. The Morgan fingerprint density at radius 1 is 1.10 bits per heavy atom. The maximum atomic E-state index is 6.02. The molecule has 0 spiro atoms. The van der Waals surface area contributed by atoms with Crippen LogP contribution in [0.2, 0.25) is 0 Å². The molecule has 0 aliphatic carbocycles. The fourth-order valence-corrected chi connectivity index (χ4v) is 2.25. The third-order valence-corrected chi connectivity index (χ3v) is 3.66. The zero-order valence-electron chi connectivity index (χ0n) is 12.5. The summed E-state index contributed by atoms with van der Waals surface area (Å²) in [6.07, 6.45) is 0. The predicted molar refractivity (Wildman–Crippen MR) is 86.5 cm³/mol. The summed E-state index contributed by atoms with van der Waals surface area (Å²) in [5, 5.41) is 0. The Balaban J connectivity index is 2.24. The average molecular weight is 281 g/mol. The van der Waals surface area contributed by atoms with Gasteiger partial charge in [-0.1, -0.05) is 12.1 Å². The largest absolute Gasteiger partial charge is 0.454 e. The van der Waals surface area contributed by atoms with Crippen LogP contribution in [0.3, 0.4) is 0 Å². The number of benzene rings is 2. The minimum absolute atomic E-state index is 0.322. The molecule has 0 fully saturated rings. The first-order valence-electron chi connectivity index (χ1n) is 7.04. The lowest BCUT2D eigenvalue weighted by Gasteiger charge is -2.25. The van der Waals surface area contributed by atoms with E-state index in [0.29, 0.717) is 11.7 Å². The fraction of sp³-hybridized carbons (Fsp3) is 0.235. The maximum absolute atomic E-state index is 6.02. The SMILES string of the molecule is CC(C)N(C)C1=Nc2ccccc2Oc2ccc(N)cc21. The molecule has 0 atom stereocenters. The first kappa shape index (κ1) is 13.5. The van der Waals surface area contributed by atoms with Crippen molar-refractivity contribution in [3.8, 4) is 11.5 Å². The molecule has 2 aromatic carbocycles. The lowest BCUT2D eigenvalue weighted by atomic mass is 10.1. The number of nitrogens with two attached hydrogens (primary N) is 1. The average Bonchev–Trinajstić information content (AvgIpc) is 2.62. The minimum Gasteiger partial charge on any atom is -0.454 e. The van der Waals surface area contributed by atoms with Crippen molar-refractivity contribution in [2.75, 3.05) is 12.8 Å². The molecule has 0 saturated carbocycles. The van der Waals surface area contributed by atoms with Crippen LogP contribution in [0.5, 0.6) is 11.5 Å². The molecule has 0 saturated heterocycles. The van der Waals surface area contributed by atoms with Crippen molar-refractivity contribution in [1.82, 2.24) is 4.90 Å². The number of hydrogen-bond acceptors (Lipinski definition) is 4. The smallest absolute Gasteiger partial charge is 0.153 e. The van der Waals surface area contributed by atoms with Gasteiger partial charge in [0.1, 0.15) is 17.3 Å². The van der Waals surface area contributed by atoms with E-state index in [1.807, 2.05) is 49.5 Å². The van der Waals surface area contributed by atoms with Gasteiger partial charge in [0.05, 0.1) is 5.56 Å². The highest BCUT2D eigenvalue weighted by atomic mass is 16.5. The van der Waals surface area contributed by atoms with Crippen molar-refractivity contribution < 1.29 is 4.74 Å². The van der Waals surface area contributed by atoms with Crippen LogP contribution in [-0.2, 0) is 0 Å². The van der Waals surface area contributed by atoms with E-state index >= 15 is 0 Å². The van der Waals surface area contributed by atoms with E-state index in [2.05, 4.69) is 18.7 Å². The van der Waals surface area contributed by atoms with Crippen LogP contribution in [-0.4, -0.2) is 23.8 Å². The Kier molecular flexibility index (Phi) is 3.29. The number of rotatable bonds is 1. The highest BCUT2D eigenvalue weighted by Crippen LogP contribution is 2.38. The number of para-hydroxylation sites is 2. The van der Waals surface area contributed by atoms with Gasteiger partial charge in [-0.15, -0.1) is 0 Å². The summed E-state index contributed by atoms with van der Waals surface area (Å²) in [6.45, 7) is 4.26. The second-order valence-electron chi connectivity index (χ2n) is 5.47. The Morgan fingerprint density at radius 3 is 2.62 bits per heavy atom. The maximum Gasteiger partial charge on any atom is 0.153 e. The molecule has 1 heterocycles. The van der Waals surface area contributed by atoms with Crippen molar-refractivity contribution in [3.05, 3.63) is 48.0 Å². The molecule has 2 aromatic rings. The van der Waals surface area contributed by atoms with Crippen LogP contribution in [0, 0.1) is 0 Å². The van der Waals surface area contributed by atoms with Crippen molar-refractivity contribution in [2.45, 2.75) is 19.9 Å². The normalized spacial score (nSPS) is 12.9. The quantitative estimate of drug-likeness (QED) is 0.809. The van der Waals surface area contributed by atoms with E-state index in [0.717, 1.165) is 28.6 Å². The van der Waals surface area contributed by atoms with Crippen molar-refractivity contribution in [3.63, 3.8) is 0 Å². The molecular formula is C17H19N3O. The standard InChI is InChI=1S/C17H19N3O/c1-11(2)20(3)17-13-10-12(18)8-9-15(13)21-16-7-5-4-6-14(16)19-17/h4-11H,18H2,1-3H3. The monoisotopic (exact) mass is 281 g/mol. The highest BCUT2D eigenvalue weighted by Gasteiger charge is 2.22. The highest BCUT2D eigenvalue weighted by molar-refractivity contribution is 6.04. The predicted octanol–water partition coefficient (Wildman–Crippen LogP) is 3.79. The Hall–Kier alpha value is -2.49. The number of ether oxygens (including phenoxy) is 1. The van der Waals surface area contributed by atoms with Crippen LogP contribution in [0.25, 0.3) is 0 Å². The molecule has 3 rings (SSSR count). The van der Waals surface area contributed by atoms with E-state index in [4.69, 9.17) is 15.5 Å². The van der Waals surface area contributed by atoms with Crippen molar-refractivity contribution in [1.29, 1.82) is 0 Å². The number of hydrogen-bond donors (Lipinski definition) is 1. The number of nitrogen functional groups attached to an aromatic ring is 1. The van der Waals surface area contributed by atoms with Crippen LogP contribution in [0.15, 0.2) is 47.5 Å². The van der Waals surface area contributed by atoms with Gasteiger partial charge in [0.25, 0.3) is 0 Å². The van der Waals surface area contributed by atoms with E-state index in [1.165, 1.54) is 0 Å². The molecule has 0 amide bonds. The van der Waals surface area contributed by atoms with Crippen LogP contribution in [0.4, 0.5) is 11.4 Å². The Labute approximate surface area is 124 Å². The Bertz CT molecular complexity index is 707. The molecule has 1 aliphatic heterocycles. The van der Waals surface area contributed by atoms with Gasteiger partial charge >= 0.3 is 0 Å². The van der Waals surface area contributed by atoms with Crippen LogP contribution in [0.1, 0.15) is 19.4 Å².